The van der Waals surface area contributed by atoms with Gasteiger partial charge in [0.15, 0.2) is 6.04 Å². The molecule has 1 fully saturated rings. The number of esters is 1. The van der Waals surface area contributed by atoms with Crippen molar-refractivity contribution in [3.63, 3.8) is 0 Å². The molecule has 2 aliphatic heterocycles. The molecular formula is C24H36N4O6S2. The number of rotatable bonds is 2. The smallest absolute Gasteiger partial charge is 0.329 e. The van der Waals surface area contributed by atoms with Crippen LogP contribution in [0.15, 0.2) is 23.9 Å². The SMILES string of the molecule is CC=C1NC(=O)[C@@H]2NC[C@@H](C(C)C)NCC[C@@H](C=CCC(=O)SSC2=O)OC(=O)[C@H](C(C)C)NC1=O. The highest BCUT2D eigenvalue weighted by atomic mass is 33.1. The molecule has 12 heteroatoms. The number of nitrogens with one attached hydrogen (secondary N) is 4. The molecule has 2 amide bonds. The lowest BCUT2D eigenvalue weighted by atomic mass is 10.0. The molecule has 0 saturated carbocycles. The molecule has 2 aliphatic rings. The van der Waals surface area contributed by atoms with Gasteiger partial charge in [-0.25, -0.2) is 4.79 Å². The Hall–Kier alpha value is -2.15. The predicted molar refractivity (Wildman–Crippen MR) is 141 cm³/mol. The summed E-state index contributed by atoms with van der Waals surface area (Å²) in [6, 6.07) is -2.37. The third-order valence-electron chi connectivity index (χ3n) is 5.80. The lowest BCUT2D eigenvalue weighted by Crippen LogP contribution is -2.55. The second kappa shape index (κ2) is 14.6. The second-order valence-electron chi connectivity index (χ2n) is 9.29. The second-order valence-corrected chi connectivity index (χ2v) is 11.5. The van der Waals surface area contributed by atoms with E-state index in [-0.39, 0.29) is 41.7 Å². The number of hydrogen-bond acceptors (Lipinski definition) is 10. The number of allylic oxidation sites excluding steroid dienone is 2. The molecular weight excluding hydrogens is 504 g/mol. The molecule has 0 radical (unpaired) electrons. The Balaban J connectivity index is 2.54. The Labute approximate surface area is 220 Å². The third kappa shape index (κ3) is 9.06. The zero-order valence-corrected chi connectivity index (χ0v) is 22.9. The monoisotopic (exact) mass is 540 g/mol. The van der Waals surface area contributed by atoms with E-state index in [0.29, 0.717) is 23.8 Å². The van der Waals surface area contributed by atoms with Crippen molar-refractivity contribution in [1.82, 2.24) is 21.3 Å². The maximum Gasteiger partial charge on any atom is 0.329 e. The number of fused-ring (bicyclic) bond motifs is 7. The maximum atomic E-state index is 13.2. The normalized spacial score (nSPS) is 29.2. The predicted octanol–water partition coefficient (Wildman–Crippen LogP) is 1.43. The first-order valence-electron chi connectivity index (χ1n) is 12.1. The fourth-order valence-electron chi connectivity index (χ4n) is 3.57. The fourth-order valence-corrected chi connectivity index (χ4v) is 5.21. The van der Waals surface area contributed by atoms with Crippen LogP contribution in [0.2, 0.25) is 0 Å². The van der Waals surface area contributed by atoms with E-state index in [0.717, 1.165) is 10.8 Å². The van der Waals surface area contributed by atoms with Gasteiger partial charge in [-0.1, -0.05) is 39.8 Å². The van der Waals surface area contributed by atoms with Crippen LogP contribution in [0.3, 0.4) is 0 Å². The van der Waals surface area contributed by atoms with Crippen LogP contribution in [0, 0.1) is 11.8 Å². The van der Waals surface area contributed by atoms with Gasteiger partial charge in [-0.15, -0.1) is 0 Å². The number of carbonyl (C=O) groups is 5. The van der Waals surface area contributed by atoms with E-state index in [1.807, 2.05) is 13.8 Å². The molecule has 0 unspecified atom stereocenters. The molecule has 200 valence electrons. The zero-order chi connectivity index (χ0) is 26.8. The highest BCUT2D eigenvalue weighted by molar-refractivity contribution is 8.87. The summed E-state index contributed by atoms with van der Waals surface area (Å²) in [5.74, 6) is -2.15. The summed E-state index contributed by atoms with van der Waals surface area (Å²) in [5, 5.41) is 10.7. The van der Waals surface area contributed by atoms with Gasteiger partial charge in [0.05, 0.1) is 0 Å². The Kier molecular flexibility index (Phi) is 12.2. The van der Waals surface area contributed by atoms with Crippen molar-refractivity contribution < 1.29 is 28.7 Å². The fraction of sp³-hybridized carbons (Fsp3) is 0.625. The molecule has 1 saturated heterocycles. The molecule has 2 heterocycles. The summed E-state index contributed by atoms with van der Waals surface area (Å²) in [6.07, 6.45) is 4.50. The van der Waals surface area contributed by atoms with E-state index >= 15 is 0 Å². The van der Waals surface area contributed by atoms with Gasteiger partial charge in [-0.05, 0) is 53.0 Å². The summed E-state index contributed by atoms with van der Waals surface area (Å²) in [6.45, 7) is 9.90. The van der Waals surface area contributed by atoms with Gasteiger partial charge in [0.25, 0.3) is 5.91 Å². The average molecular weight is 541 g/mol. The van der Waals surface area contributed by atoms with Crippen LogP contribution in [-0.4, -0.2) is 65.3 Å². The molecule has 0 aromatic heterocycles. The molecule has 0 aliphatic carbocycles. The van der Waals surface area contributed by atoms with Gasteiger partial charge in [0.2, 0.25) is 16.1 Å². The first kappa shape index (κ1) is 30.1. The van der Waals surface area contributed by atoms with Gasteiger partial charge in [-0.2, -0.15) is 0 Å². The van der Waals surface area contributed by atoms with Crippen LogP contribution < -0.4 is 21.3 Å². The largest absolute Gasteiger partial charge is 0.457 e. The topological polar surface area (TPSA) is 143 Å². The van der Waals surface area contributed by atoms with E-state index in [9.17, 15) is 24.0 Å². The van der Waals surface area contributed by atoms with Crippen molar-refractivity contribution in [2.45, 2.75) is 71.7 Å². The highest BCUT2D eigenvalue weighted by Gasteiger charge is 2.33. The summed E-state index contributed by atoms with van der Waals surface area (Å²) < 4.78 is 5.75. The van der Waals surface area contributed by atoms with Crippen molar-refractivity contribution in [3.8, 4) is 0 Å². The first-order valence-corrected chi connectivity index (χ1v) is 14.2. The molecule has 0 aromatic carbocycles. The van der Waals surface area contributed by atoms with E-state index in [2.05, 4.69) is 21.3 Å². The molecule has 36 heavy (non-hydrogen) atoms. The summed E-state index contributed by atoms with van der Waals surface area (Å²) in [7, 11) is 1.43. The molecule has 2 bridgehead atoms. The minimum Gasteiger partial charge on any atom is -0.457 e. The third-order valence-corrected chi connectivity index (χ3v) is 7.93. The lowest BCUT2D eigenvalue weighted by Gasteiger charge is -2.28. The number of ether oxygens (including phenoxy) is 1. The summed E-state index contributed by atoms with van der Waals surface area (Å²) >= 11 is 0. The quantitative estimate of drug-likeness (QED) is 0.134. The summed E-state index contributed by atoms with van der Waals surface area (Å²) in [4.78, 5) is 64.5. The summed E-state index contributed by atoms with van der Waals surface area (Å²) in [5.41, 5.74) is -0.0989. The number of amides is 2. The highest BCUT2D eigenvalue weighted by Crippen LogP contribution is 2.26. The van der Waals surface area contributed by atoms with Crippen LogP contribution in [-0.2, 0) is 28.7 Å². The van der Waals surface area contributed by atoms with Crippen LogP contribution in [0.5, 0.6) is 0 Å². The van der Waals surface area contributed by atoms with Crippen molar-refractivity contribution in [3.05, 3.63) is 23.9 Å². The minimum atomic E-state index is -1.30. The van der Waals surface area contributed by atoms with Gasteiger partial charge < -0.3 is 20.7 Å². The number of carbonyl (C=O) groups excluding carboxylic acids is 5. The van der Waals surface area contributed by atoms with Crippen LogP contribution >= 0.6 is 21.6 Å². The van der Waals surface area contributed by atoms with Crippen molar-refractivity contribution in [2.24, 2.45) is 11.8 Å². The lowest BCUT2D eigenvalue weighted by molar-refractivity contribution is -0.152. The van der Waals surface area contributed by atoms with Gasteiger partial charge >= 0.3 is 5.97 Å². The molecule has 4 N–H and O–H groups in total. The first-order chi connectivity index (χ1) is 17.0. The van der Waals surface area contributed by atoms with E-state index in [1.54, 1.807) is 32.9 Å². The van der Waals surface area contributed by atoms with Crippen LogP contribution in [0.1, 0.15) is 47.5 Å². The minimum absolute atomic E-state index is 0.0262. The van der Waals surface area contributed by atoms with E-state index < -0.39 is 41.1 Å². The van der Waals surface area contributed by atoms with Gasteiger partial charge in [0.1, 0.15) is 17.8 Å². The average Bonchev–Trinajstić information content (AvgIpc) is 2.81. The van der Waals surface area contributed by atoms with Crippen molar-refractivity contribution in [2.75, 3.05) is 13.1 Å². The van der Waals surface area contributed by atoms with E-state index in [1.165, 1.54) is 6.08 Å². The molecule has 0 spiro atoms. The van der Waals surface area contributed by atoms with Crippen LogP contribution in [0.25, 0.3) is 0 Å². The standard InChI is InChI=1S/C24H36N4O6S2/c1-6-16-21(30)28-19(14(4)5)23(32)34-15-8-7-9-18(29)35-36-24(33)20(22(31)27-16)26-12-17(13(2)3)25-11-10-15/h6-8,13-15,17,19-20,25-26H,9-12H2,1-5H3,(H,27,31)(H,28,30)/t15-,17+,19+,20+/m1/s1. The molecule has 2 rings (SSSR count). The van der Waals surface area contributed by atoms with Crippen molar-refractivity contribution >= 4 is 49.6 Å². The Morgan fingerprint density at radius 3 is 2.39 bits per heavy atom. The van der Waals surface area contributed by atoms with Crippen molar-refractivity contribution in [1.29, 1.82) is 0 Å². The Morgan fingerprint density at radius 1 is 1.03 bits per heavy atom. The number of hydrogen-bond donors (Lipinski definition) is 4. The Bertz CT molecular complexity index is 905. The molecule has 4 atom stereocenters. The van der Waals surface area contributed by atoms with Gasteiger partial charge in [-0.3, -0.25) is 24.5 Å². The van der Waals surface area contributed by atoms with E-state index in [4.69, 9.17) is 4.74 Å². The molecule has 10 nitrogen and oxygen atoms in total. The van der Waals surface area contributed by atoms with Gasteiger partial charge in [0, 0.05) is 25.4 Å². The molecule has 0 aromatic rings. The maximum absolute atomic E-state index is 13.2. The van der Waals surface area contributed by atoms with Crippen LogP contribution in [0.4, 0.5) is 0 Å². The zero-order valence-electron chi connectivity index (χ0n) is 21.3. The Morgan fingerprint density at radius 2 is 1.75 bits per heavy atom.